The number of rotatable bonds is 2. The van der Waals surface area contributed by atoms with E-state index in [1.54, 1.807) is 7.11 Å². The topological polar surface area (TPSA) is 29.5 Å². The lowest BCUT2D eigenvalue weighted by Gasteiger charge is -2.26. The maximum absolute atomic E-state index is 10.3. The van der Waals surface area contributed by atoms with Crippen molar-refractivity contribution in [1.82, 2.24) is 0 Å². The number of aliphatic hydroxyl groups is 1. The van der Waals surface area contributed by atoms with Crippen LogP contribution in [0.15, 0.2) is 36.4 Å². The van der Waals surface area contributed by atoms with E-state index in [9.17, 15) is 5.11 Å². The van der Waals surface area contributed by atoms with Crippen LogP contribution in [-0.4, -0.2) is 12.2 Å². The minimum atomic E-state index is -0.455. The molecule has 0 amide bonds. The summed E-state index contributed by atoms with van der Waals surface area (Å²) in [5, 5.41) is 12.5. The molecule has 2 aromatic carbocycles. The zero-order valence-corrected chi connectivity index (χ0v) is 11.4. The van der Waals surface area contributed by atoms with E-state index in [-0.39, 0.29) is 5.41 Å². The minimum absolute atomic E-state index is 0.153. The van der Waals surface area contributed by atoms with Crippen LogP contribution in [0.4, 0.5) is 0 Å². The van der Waals surface area contributed by atoms with Crippen molar-refractivity contribution in [2.24, 2.45) is 5.41 Å². The summed E-state index contributed by atoms with van der Waals surface area (Å²) >= 11 is 0. The molecule has 0 spiro atoms. The first kappa shape index (κ1) is 12.9. The number of fused-ring (bicyclic) bond motifs is 1. The predicted molar refractivity (Wildman–Crippen MR) is 74.9 cm³/mol. The summed E-state index contributed by atoms with van der Waals surface area (Å²) in [6.45, 7) is 6.11. The fourth-order valence-electron chi connectivity index (χ4n) is 2.04. The average Bonchev–Trinajstić information content (AvgIpc) is 2.35. The zero-order chi connectivity index (χ0) is 13.3. The molecular weight excluding hydrogens is 224 g/mol. The van der Waals surface area contributed by atoms with E-state index < -0.39 is 6.10 Å². The zero-order valence-electron chi connectivity index (χ0n) is 11.4. The van der Waals surface area contributed by atoms with Crippen molar-refractivity contribution in [3.05, 3.63) is 42.0 Å². The van der Waals surface area contributed by atoms with Crippen molar-refractivity contribution in [3.8, 4) is 5.75 Å². The van der Waals surface area contributed by atoms with Crippen LogP contribution in [0.5, 0.6) is 5.75 Å². The number of benzene rings is 2. The third kappa shape index (κ3) is 2.49. The second kappa shape index (κ2) is 4.62. The lowest BCUT2D eigenvalue weighted by molar-refractivity contribution is 0.0628. The highest BCUT2D eigenvalue weighted by Gasteiger charge is 2.23. The van der Waals surface area contributed by atoms with Crippen molar-refractivity contribution >= 4 is 10.8 Å². The molecule has 0 aliphatic carbocycles. The Hall–Kier alpha value is -1.54. The van der Waals surface area contributed by atoms with Crippen LogP contribution in [0.2, 0.25) is 0 Å². The molecule has 1 N–H and O–H groups in total. The van der Waals surface area contributed by atoms with Gasteiger partial charge in [0.1, 0.15) is 5.75 Å². The van der Waals surface area contributed by atoms with Gasteiger partial charge in [0.2, 0.25) is 0 Å². The van der Waals surface area contributed by atoms with E-state index in [0.29, 0.717) is 0 Å². The smallest absolute Gasteiger partial charge is 0.119 e. The van der Waals surface area contributed by atoms with Crippen molar-refractivity contribution in [3.63, 3.8) is 0 Å². The predicted octanol–water partition coefficient (Wildman–Crippen LogP) is 3.93. The van der Waals surface area contributed by atoms with Gasteiger partial charge in [-0.3, -0.25) is 0 Å². The molecule has 0 saturated heterocycles. The fraction of sp³-hybridized carbons (Fsp3) is 0.375. The molecule has 0 radical (unpaired) electrons. The molecule has 1 atom stereocenters. The molecule has 0 saturated carbocycles. The lowest BCUT2D eigenvalue weighted by atomic mass is 9.84. The van der Waals surface area contributed by atoms with Gasteiger partial charge in [-0.2, -0.15) is 0 Å². The van der Waals surface area contributed by atoms with Crippen molar-refractivity contribution < 1.29 is 9.84 Å². The van der Waals surface area contributed by atoms with E-state index in [1.165, 1.54) is 0 Å². The third-order valence-corrected chi connectivity index (χ3v) is 3.21. The average molecular weight is 244 g/mol. The van der Waals surface area contributed by atoms with Crippen LogP contribution in [-0.2, 0) is 0 Å². The molecule has 2 rings (SSSR count). The van der Waals surface area contributed by atoms with Gasteiger partial charge >= 0.3 is 0 Å². The Bertz CT molecular complexity index is 553. The Labute approximate surface area is 108 Å². The molecule has 0 aliphatic heterocycles. The molecule has 0 aliphatic rings. The van der Waals surface area contributed by atoms with Crippen LogP contribution < -0.4 is 4.74 Å². The van der Waals surface area contributed by atoms with Crippen LogP contribution in [0.3, 0.4) is 0 Å². The Kier molecular flexibility index (Phi) is 3.31. The second-order valence-electron chi connectivity index (χ2n) is 5.74. The van der Waals surface area contributed by atoms with Crippen LogP contribution in [0.1, 0.15) is 32.4 Å². The third-order valence-electron chi connectivity index (χ3n) is 3.21. The van der Waals surface area contributed by atoms with E-state index >= 15 is 0 Å². The number of aliphatic hydroxyl groups excluding tert-OH is 1. The quantitative estimate of drug-likeness (QED) is 0.867. The minimum Gasteiger partial charge on any atom is -0.497 e. The van der Waals surface area contributed by atoms with Gasteiger partial charge in [-0.15, -0.1) is 0 Å². The van der Waals surface area contributed by atoms with Gasteiger partial charge in [0.15, 0.2) is 0 Å². The fourth-order valence-corrected chi connectivity index (χ4v) is 2.04. The van der Waals surface area contributed by atoms with Gasteiger partial charge in [-0.05, 0) is 39.9 Å². The maximum Gasteiger partial charge on any atom is 0.119 e. The first-order valence-electron chi connectivity index (χ1n) is 6.17. The van der Waals surface area contributed by atoms with E-state index in [4.69, 9.17) is 4.74 Å². The molecule has 0 heterocycles. The molecule has 18 heavy (non-hydrogen) atoms. The number of ether oxygens (including phenoxy) is 1. The molecule has 1 unspecified atom stereocenters. The highest BCUT2D eigenvalue weighted by atomic mass is 16.5. The Balaban J connectivity index is 2.45. The molecule has 0 aromatic heterocycles. The van der Waals surface area contributed by atoms with Crippen molar-refractivity contribution in [2.75, 3.05) is 7.11 Å². The van der Waals surface area contributed by atoms with Gasteiger partial charge < -0.3 is 9.84 Å². The molecule has 0 fully saturated rings. The Morgan fingerprint density at radius 1 is 1.00 bits per heavy atom. The normalized spacial score (nSPS) is 13.6. The summed E-state index contributed by atoms with van der Waals surface area (Å²) in [7, 11) is 1.67. The number of methoxy groups -OCH3 is 1. The first-order chi connectivity index (χ1) is 8.41. The van der Waals surface area contributed by atoms with Gasteiger partial charge in [0.05, 0.1) is 13.2 Å². The standard InChI is InChI=1S/C16H20O2/c1-16(2,3)15(17)13-6-5-12-10-14(18-4)8-7-11(12)9-13/h5-10,15,17H,1-4H3. The van der Waals surface area contributed by atoms with E-state index in [1.807, 2.05) is 57.2 Å². The van der Waals surface area contributed by atoms with E-state index in [2.05, 4.69) is 0 Å². The van der Waals surface area contributed by atoms with Gasteiger partial charge in [0.25, 0.3) is 0 Å². The molecule has 96 valence electrons. The monoisotopic (exact) mass is 244 g/mol. The molecular formula is C16H20O2. The van der Waals surface area contributed by atoms with Gasteiger partial charge in [0, 0.05) is 0 Å². The summed E-state index contributed by atoms with van der Waals surface area (Å²) < 4.78 is 5.20. The molecule has 2 heteroatoms. The van der Waals surface area contributed by atoms with Crippen LogP contribution in [0.25, 0.3) is 10.8 Å². The largest absolute Gasteiger partial charge is 0.497 e. The highest BCUT2D eigenvalue weighted by Crippen LogP contribution is 2.34. The Morgan fingerprint density at radius 3 is 2.22 bits per heavy atom. The summed E-state index contributed by atoms with van der Waals surface area (Å²) in [6.07, 6.45) is -0.455. The highest BCUT2D eigenvalue weighted by molar-refractivity contribution is 5.84. The summed E-state index contributed by atoms with van der Waals surface area (Å²) in [4.78, 5) is 0. The molecule has 0 bridgehead atoms. The van der Waals surface area contributed by atoms with Crippen molar-refractivity contribution in [1.29, 1.82) is 0 Å². The van der Waals surface area contributed by atoms with E-state index in [0.717, 1.165) is 22.1 Å². The van der Waals surface area contributed by atoms with Crippen LogP contribution >= 0.6 is 0 Å². The molecule has 2 nitrogen and oxygen atoms in total. The summed E-state index contributed by atoms with van der Waals surface area (Å²) in [5.74, 6) is 0.853. The molecule has 2 aromatic rings. The van der Waals surface area contributed by atoms with Gasteiger partial charge in [-0.25, -0.2) is 0 Å². The first-order valence-corrected chi connectivity index (χ1v) is 6.17. The van der Waals surface area contributed by atoms with Crippen molar-refractivity contribution in [2.45, 2.75) is 26.9 Å². The second-order valence-corrected chi connectivity index (χ2v) is 5.74. The number of hydrogen-bond acceptors (Lipinski definition) is 2. The van der Waals surface area contributed by atoms with Gasteiger partial charge in [-0.1, -0.05) is 39.0 Å². The maximum atomic E-state index is 10.3. The lowest BCUT2D eigenvalue weighted by Crippen LogP contribution is -2.17. The Morgan fingerprint density at radius 2 is 1.61 bits per heavy atom. The SMILES string of the molecule is COc1ccc2cc(C(O)C(C)(C)C)ccc2c1. The summed E-state index contributed by atoms with van der Waals surface area (Å²) in [5.41, 5.74) is 0.806. The number of hydrogen-bond donors (Lipinski definition) is 1. The summed E-state index contributed by atoms with van der Waals surface area (Å²) in [6, 6.07) is 12.0. The van der Waals surface area contributed by atoms with Crippen LogP contribution in [0, 0.1) is 5.41 Å².